The molecule has 3 rings (SSSR count). The Labute approximate surface area is 118 Å². The van der Waals surface area contributed by atoms with Crippen LogP contribution >= 0.6 is 0 Å². The van der Waals surface area contributed by atoms with Crippen molar-refractivity contribution in [3.8, 4) is 11.5 Å². The van der Waals surface area contributed by atoms with Gasteiger partial charge in [0.2, 0.25) is 6.79 Å². The van der Waals surface area contributed by atoms with E-state index < -0.39 is 0 Å². The van der Waals surface area contributed by atoms with Crippen molar-refractivity contribution in [2.45, 2.75) is 12.6 Å². The average Bonchev–Trinajstić information content (AvgIpc) is 2.98. The van der Waals surface area contributed by atoms with Gasteiger partial charge in [-0.05, 0) is 11.6 Å². The van der Waals surface area contributed by atoms with E-state index in [1.54, 1.807) is 0 Å². The molecule has 2 aromatic carbocycles. The third kappa shape index (κ3) is 2.61. The molecule has 0 aliphatic carbocycles. The fourth-order valence-corrected chi connectivity index (χ4v) is 2.34. The number of rotatable bonds is 5. The zero-order chi connectivity index (χ0) is 13.8. The van der Waals surface area contributed by atoms with Gasteiger partial charge in [-0.15, -0.1) is 0 Å². The molecule has 20 heavy (non-hydrogen) atoms. The predicted molar refractivity (Wildman–Crippen MR) is 75.7 cm³/mol. The van der Waals surface area contributed by atoms with Crippen molar-refractivity contribution in [3.05, 3.63) is 59.7 Å². The lowest BCUT2D eigenvalue weighted by molar-refractivity contribution is 0.173. The van der Waals surface area contributed by atoms with E-state index in [1.807, 2.05) is 48.5 Å². The maximum Gasteiger partial charge on any atom is 0.231 e. The van der Waals surface area contributed by atoms with E-state index >= 15 is 0 Å². The van der Waals surface area contributed by atoms with Crippen LogP contribution in [0.3, 0.4) is 0 Å². The summed E-state index contributed by atoms with van der Waals surface area (Å²) in [5, 5.41) is 12.9. The number of hydrogen-bond acceptors (Lipinski definition) is 4. The molecule has 0 saturated carbocycles. The molecule has 1 unspecified atom stereocenters. The maximum absolute atomic E-state index is 9.53. The van der Waals surface area contributed by atoms with Gasteiger partial charge in [-0.25, -0.2) is 0 Å². The van der Waals surface area contributed by atoms with Gasteiger partial charge in [0.05, 0.1) is 12.6 Å². The van der Waals surface area contributed by atoms with Crippen molar-refractivity contribution in [1.29, 1.82) is 0 Å². The molecule has 0 saturated heterocycles. The second-order valence-corrected chi connectivity index (χ2v) is 4.68. The summed E-state index contributed by atoms with van der Waals surface area (Å²) in [4.78, 5) is 0. The van der Waals surface area contributed by atoms with E-state index in [2.05, 4.69) is 5.32 Å². The lowest BCUT2D eigenvalue weighted by Gasteiger charge is -2.17. The summed E-state index contributed by atoms with van der Waals surface area (Å²) in [6.45, 7) is 0.942. The maximum atomic E-state index is 9.53. The fraction of sp³-hybridized carbons (Fsp3) is 0.250. The molecular weight excluding hydrogens is 254 g/mol. The highest BCUT2D eigenvalue weighted by atomic mass is 16.7. The number of ether oxygens (including phenoxy) is 2. The first-order chi connectivity index (χ1) is 9.88. The van der Waals surface area contributed by atoms with E-state index in [0.717, 1.165) is 22.6 Å². The highest BCUT2D eigenvalue weighted by molar-refractivity contribution is 5.48. The van der Waals surface area contributed by atoms with Gasteiger partial charge in [-0.3, -0.25) is 0 Å². The monoisotopic (exact) mass is 271 g/mol. The molecule has 1 heterocycles. The Bertz CT molecular complexity index is 571. The Morgan fingerprint density at radius 3 is 2.70 bits per heavy atom. The van der Waals surface area contributed by atoms with Crippen LogP contribution in [0.15, 0.2) is 48.5 Å². The third-order valence-electron chi connectivity index (χ3n) is 3.40. The van der Waals surface area contributed by atoms with E-state index in [0.29, 0.717) is 6.54 Å². The van der Waals surface area contributed by atoms with Crippen molar-refractivity contribution in [2.24, 2.45) is 0 Å². The molecular formula is C16H17NO3. The topological polar surface area (TPSA) is 50.7 Å². The first-order valence-corrected chi connectivity index (χ1v) is 6.65. The van der Waals surface area contributed by atoms with Crippen molar-refractivity contribution < 1.29 is 14.6 Å². The zero-order valence-corrected chi connectivity index (χ0v) is 11.1. The minimum atomic E-state index is -0.0885. The predicted octanol–water partition coefficient (Wildman–Crippen LogP) is 2.24. The van der Waals surface area contributed by atoms with E-state index in [1.165, 1.54) is 0 Å². The smallest absolute Gasteiger partial charge is 0.231 e. The number of hydrogen-bond donors (Lipinski definition) is 2. The molecule has 104 valence electrons. The number of benzene rings is 2. The van der Waals surface area contributed by atoms with Crippen LogP contribution in [0.2, 0.25) is 0 Å². The Morgan fingerprint density at radius 2 is 1.90 bits per heavy atom. The largest absolute Gasteiger partial charge is 0.454 e. The second kappa shape index (κ2) is 5.94. The number of aliphatic hydroxyl groups is 1. The van der Waals surface area contributed by atoms with Gasteiger partial charge >= 0.3 is 0 Å². The normalized spacial score (nSPS) is 14.2. The van der Waals surface area contributed by atoms with Gasteiger partial charge < -0.3 is 19.9 Å². The molecule has 0 fully saturated rings. The second-order valence-electron chi connectivity index (χ2n) is 4.68. The van der Waals surface area contributed by atoms with Crippen LogP contribution in [0, 0.1) is 0 Å². The number of para-hydroxylation sites is 1. The van der Waals surface area contributed by atoms with Gasteiger partial charge in [-0.1, -0.05) is 42.5 Å². The Morgan fingerprint density at radius 1 is 1.05 bits per heavy atom. The molecule has 2 aromatic rings. The van der Waals surface area contributed by atoms with Gasteiger partial charge in [0, 0.05) is 12.1 Å². The van der Waals surface area contributed by atoms with Crippen LogP contribution < -0.4 is 14.8 Å². The van der Waals surface area contributed by atoms with Crippen LogP contribution in [-0.4, -0.2) is 18.5 Å². The summed E-state index contributed by atoms with van der Waals surface area (Å²) in [5.41, 5.74) is 2.11. The highest BCUT2D eigenvalue weighted by Gasteiger charge is 2.18. The van der Waals surface area contributed by atoms with Crippen LogP contribution in [0.4, 0.5) is 0 Å². The molecule has 0 bridgehead atoms. The molecule has 1 aliphatic rings. The summed E-state index contributed by atoms with van der Waals surface area (Å²) in [6, 6.07) is 15.7. The van der Waals surface area contributed by atoms with Gasteiger partial charge in [0.1, 0.15) is 0 Å². The molecule has 4 nitrogen and oxygen atoms in total. The van der Waals surface area contributed by atoms with Crippen LogP contribution in [0.5, 0.6) is 11.5 Å². The summed E-state index contributed by atoms with van der Waals surface area (Å²) < 4.78 is 10.8. The van der Waals surface area contributed by atoms with Crippen LogP contribution in [-0.2, 0) is 6.54 Å². The molecule has 0 radical (unpaired) electrons. The first-order valence-electron chi connectivity index (χ1n) is 6.65. The van der Waals surface area contributed by atoms with Crippen molar-refractivity contribution in [2.75, 3.05) is 13.4 Å². The molecule has 1 aliphatic heterocycles. The lowest BCUT2D eigenvalue weighted by Crippen LogP contribution is -2.24. The van der Waals surface area contributed by atoms with Crippen molar-refractivity contribution in [3.63, 3.8) is 0 Å². The first kappa shape index (κ1) is 13.0. The number of fused-ring (bicyclic) bond motifs is 1. The quantitative estimate of drug-likeness (QED) is 0.875. The molecule has 2 N–H and O–H groups in total. The molecule has 0 spiro atoms. The summed E-state index contributed by atoms with van der Waals surface area (Å²) in [5.74, 6) is 1.58. The summed E-state index contributed by atoms with van der Waals surface area (Å²) in [6.07, 6.45) is 0. The minimum absolute atomic E-state index is 0.0520. The van der Waals surface area contributed by atoms with Crippen LogP contribution in [0.25, 0.3) is 0 Å². The van der Waals surface area contributed by atoms with Crippen LogP contribution in [0.1, 0.15) is 17.2 Å². The fourth-order valence-electron chi connectivity index (χ4n) is 2.34. The van der Waals surface area contributed by atoms with Crippen molar-refractivity contribution >= 4 is 0 Å². The summed E-state index contributed by atoms with van der Waals surface area (Å²) in [7, 11) is 0. The summed E-state index contributed by atoms with van der Waals surface area (Å²) >= 11 is 0. The van der Waals surface area contributed by atoms with E-state index in [-0.39, 0.29) is 19.4 Å². The number of aliphatic hydroxyl groups excluding tert-OH is 1. The third-order valence-corrected chi connectivity index (χ3v) is 3.40. The SMILES string of the molecule is OCC(NCc1cccc2c1OCO2)c1ccccc1. The molecule has 0 aromatic heterocycles. The van der Waals surface area contributed by atoms with E-state index in [9.17, 15) is 5.11 Å². The standard InChI is InChI=1S/C16H17NO3/c18-10-14(12-5-2-1-3-6-12)17-9-13-7-4-8-15-16(13)20-11-19-15/h1-8,14,17-18H,9-11H2. The highest BCUT2D eigenvalue weighted by Crippen LogP contribution is 2.35. The van der Waals surface area contributed by atoms with Crippen molar-refractivity contribution in [1.82, 2.24) is 5.32 Å². The zero-order valence-electron chi connectivity index (χ0n) is 11.1. The van der Waals surface area contributed by atoms with E-state index in [4.69, 9.17) is 9.47 Å². The minimum Gasteiger partial charge on any atom is -0.454 e. The van der Waals surface area contributed by atoms with Gasteiger partial charge in [0.15, 0.2) is 11.5 Å². The molecule has 4 heteroatoms. The van der Waals surface area contributed by atoms with Gasteiger partial charge in [-0.2, -0.15) is 0 Å². The van der Waals surface area contributed by atoms with Gasteiger partial charge in [0.25, 0.3) is 0 Å². The Kier molecular flexibility index (Phi) is 3.85. The number of nitrogens with one attached hydrogen (secondary N) is 1. The Balaban J connectivity index is 1.71. The lowest BCUT2D eigenvalue weighted by atomic mass is 10.1. The molecule has 0 amide bonds. The molecule has 1 atom stereocenters. The average molecular weight is 271 g/mol. The Hall–Kier alpha value is -2.04.